The number of ether oxygens (including phenoxy) is 2. The van der Waals surface area contributed by atoms with Crippen molar-refractivity contribution in [3.8, 4) is 0 Å². The van der Waals surface area contributed by atoms with E-state index in [1.807, 2.05) is 26.0 Å². The highest BCUT2D eigenvalue weighted by Gasteiger charge is 2.26. The molecule has 0 atom stereocenters. The molecule has 10 heteroatoms. The van der Waals surface area contributed by atoms with E-state index in [1.165, 1.54) is 22.7 Å². The summed E-state index contributed by atoms with van der Waals surface area (Å²) in [5.74, 6) is -1.14. The zero-order chi connectivity index (χ0) is 24.3. The minimum atomic E-state index is -3.69. The van der Waals surface area contributed by atoms with Crippen LogP contribution in [0.3, 0.4) is 0 Å². The number of hydrogen-bond donors (Lipinski definition) is 1. The zero-order valence-electron chi connectivity index (χ0n) is 19.0. The van der Waals surface area contributed by atoms with Crippen molar-refractivity contribution in [3.05, 3.63) is 59.4 Å². The van der Waals surface area contributed by atoms with Gasteiger partial charge in [0.15, 0.2) is 6.61 Å². The van der Waals surface area contributed by atoms with Crippen LogP contribution in [-0.4, -0.2) is 57.5 Å². The molecule has 1 N–H and O–H groups in total. The molecule has 2 aromatic carbocycles. The van der Waals surface area contributed by atoms with Crippen molar-refractivity contribution < 1.29 is 31.9 Å². The molecule has 1 saturated heterocycles. The largest absolute Gasteiger partial charge is 0.464 e. The number of morpholine rings is 1. The Morgan fingerprint density at radius 1 is 1.12 bits per heavy atom. The molecular weight excluding hydrogens is 460 g/mol. The van der Waals surface area contributed by atoms with Crippen LogP contribution in [0.5, 0.6) is 0 Å². The molecule has 1 aliphatic heterocycles. The Morgan fingerprint density at radius 2 is 1.88 bits per heavy atom. The van der Waals surface area contributed by atoms with Crippen molar-refractivity contribution in [1.29, 1.82) is 0 Å². The Kier molecular flexibility index (Phi) is 7.01. The molecule has 180 valence electrons. The molecule has 0 spiro atoms. The van der Waals surface area contributed by atoms with Gasteiger partial charge in [-0.2, -0.15) is 4.31 Å². The van der Waals surface area contributed by atoms with Gasteiger partial charge in [-0.1, -0.05) is 18.2 Å². The minimum Gasteiger partial charge on any atom is -0.464 e. The fraction of sp³-hybridized carbons (Fsp3) is 0.333. The highest BCUT2D eigenvalue weighted by atomic mass is 32.2. The monoisotopic (exact) mass is 486 g/mol. The number of nitrogens with one attached hydrogen (secondary N) is 1. The maximum absolute atomic E-state index is 12.8. The van der Waals surface area contributed by atoms with E-state index in [2.05, 4.69) is 5.32 Å². The van der Waals surface area contributed by atoms with Crippen LogP contribution < -0.4 is 5.32 Å². The van der Waals surface area contributed by atoms with Gasteiger partial charge >= 0.3 is 5.97 Å². The van der Waals surface area contributed by atoms with E-state index in [0.29, 0.717) is 24.5 Å². The maximum atomic E-state index is 12.8. The number of anilines is 1. The summed E-state index contributed by atoms with van der Waals surface area (Å²) in [7, 11) is -3.69. The van der Waals surface area contributed by atoms with E-state index < -0.39 is 28.5 Å². The number of nitrogens with zero attached hydrogens (tertiary/aromatic N) is 1. The molecular formula is C24H26N2O7S. The zero-order valence-corrected chi connectivity index (χ0v) is 19.8. The maximum Gasteiger partial charge on any atom is 0.310 e. The summed E-state index contributed by atoms with van der Waals surface area (Å²) in [6.45, 7) is 4.68. The first-order valence-electron chi connectivity index (χ1n) is 10.9. The highest BCUT2D eigenvalue weighted by Crippen LogP contribution is 2.27. The first-order valence-corrected chi connectivity index (χ1v) is 12.3. The lowest BCUT2D eigenvalue weighted by molar-refractivity contribution is -0.146. The first-order chi connectivity index (χ1) is 16.3. The van der Waals surface area contributed by atoms with Crippen LogP contribution >= 0.6 is 0 Å². The molecule has 0 saturated carbocycles. The van der Waals surface area contributed by atoms with E-state index in [4.69, 9.17) is 13.9 Å². The quantitative estimate of drug-likeness (QED) is 0.511. The lowest BCUT2D eigenvalue weighted by atomic mass is 10.0. The average Bonchev–Trinajstić information content (AvgIpc) is 3.24. The number of carbonyl (C=O) groups is 2. The van der Waals surface area contributed by atoms with Gasteiger partial charge in [-0.3, -0.25) is 9.59 Å². The number of furan rings is 1. The smallest absolute Gasteiger partial charge is 0.310 e. The van der Waals surface area contributed by atoms with Crippen molar-refractivity contribution in [2.24, 2.45) is 0 Å². The molecule has 34 heavy (non-hydrogen) atoms. The summed E-state index contributed by atoms with van der Waals surface area (Å²) >= 11 is 0. The van der Waals surface area contributed by atoms with Crippen molar-refractivity contribution >= 4 is 38.6 Å². The Hall–Kier alpha value is -3.21. The lowest BCUT2D eigenvalue weighted by Crippen LogP contribution is -2.40. The number of carbonyl (C=O) groups excluding carboxylic acids is 2. The van der Waals surface area contributed by atoms with Crippen molar-refractivity contribution in [1.82, 2.24) is 4.31 Å². The molecule has 0 radical (unpaired) electrons. The first kappa shape index (κ1) is 23.9. The van der Waals surface area contributed by atoms with Gasteiger partial charge < -0.3 is 19.2 Å². The highest BCUT2D eigenvalue weighted by molar-refractivity contribution is 7.89. The molecule has 1 amide bonds. The van der Waals surface area contributed by atoms with Crippen LogP contribution in [0, 0.1) is 13.8 Å². The van der Waals surface area contributed by atoms with Gasteiger partial charge in [0.1, 0.15) is 5.58 Å². The number of esters is 1. The SMILES string of the molecule is Cc1ccc2c(CC(=O)OCC(=O)Nc3cccc(S(=O)(=O)N4CCOCC4)c3)coc2c1C. The van der Waals surface area contributed by atoms with E-state index in [-0.39, 0.29) is 24.4 Å². The third kappa shape index (κ3) is 5.14. The normalized spacial score (nSPS) is 14.8. The van der Waals surface area contributed by atoms with Gasteiger partial charge in [0.25, 0.3) is 5.91 Å². The summed E-state index contributed by atoms with van der Waals surface area (Å²) in [5.41, 5.74) is 3.81. The fourth-order valence-corrected chi connectivity index (χ4v) is 5.20. The standard InChI is InChI=1S/C24H26N2O7S/c1-16-6-7-21-18(14-33-24(21)17(16)2)12-23(28)32-15-22(27)25-19-4-3-5-20(13-19)34(29,30)26-8-10-31-11-9-26/h3-7,13-14H,8-12,15H2,1-2H3,(H,25,27). The van der Waals surface area contributed by atoms with Gasteiger partial charge in [0, 0.05) is 29.7 Å². The van der Waals surface area contributed by atoms with E-state index in [1.54, 1.807) is 12.1 Å². The molecule has 2 heterocycles. The summed E-state index contributed by atoms with van der Waals surface area (Å²) in [4.78, 5) is 24.6. The summed E-state index contributed by atoms with van der Waals surface area (Å²) < 4.78 is 42.9. The molecule has 1 aromatic heterocycles. The Morgan fingerprint density at radius 3 is 2.65 bits per heavy atom. The van der Waals surface area contributed by atoms with E-state index in [0.717, 1.165) is 22.1 Å². The molecule has 0 aliphatic carbocycles. The molecule has 9 nitrogen and oxygen atoms in total. The number of fused-ring (bicyclic) bond motifs is 1. The Bertz CT molecular complexity index is 1320. The topological polar surface area (TPSA) is 115 Å². The van der Waals surface area contributed by atoms with Crippen molar-refractivity contribution in [2.45, 2.75) is 25.2 Å². The van der Waals surface area contributed by atoms with Crippen LogP contribution in [0.25, 0.3) is 11.0 Å². The molecule has 1 fully saturated rings. The number of benzene rings is 2. The van der Waals surface area contributed by atoms with E-state index >= 15 is 0 Å². The second-order valence-electron chi connectivity index (χ2n) is 8.08. The lowest BCUT2D eigenvalue weighted by Gasteiger charge is -2.26. The van der Waals surface area contributed by atoms with Crippen LogP contribution in [0.2, 0.25) is 0 Å². The van der Waals surface area contributed by atoms with Gasteiger partial charge in [0.05, 0.1) is 30.8 Å². The van der Waals surface area contributed by atoms with Crippen LogP contribution in [0.4, 0.5) is 5.69 Å². The third-order valence-electron chi connectivity index (χ3n) is 5.77. The molecule has 3 aromatic rings. The third-order valence-corrected chi connectivity index (χ3v) is 7.66. The fourth-order valence-electron chi connectivity index (χ4n) is 3.75. The summed E-state index contributed by atoms with van der Waals surface area (Å²) in [5, 5.41) is 3.41. The van der Waals surface area contributed by atoms with Crippen molar-refractivity contribution in [2.75, 3.05) is 38.2 Å². The number of rotatable bonds is 7. The summed E-state index contributed by atoms with van der Waals surface area (Å²) in [6.07, 6.45) is 1.49. The van der Waals surface area contributed by atoms with Gasteiger partial charge in [-0.05, 0) is 43.2 Å². The molecule has 4 rings (SSSR count). The van der Waals surface area contributed by atoms with Gasteiger partial charge in [0.2, 0.25) is 10.0 Å². The Balaban J connectivity index is 1.34. The predicted molar refractivity (Wildman–Crippen MR) is 125 cm³/mol. The van der Waals surface area contributed by atoms with Crippen LogP contribution in [0.1, 0.15) is 16.7 Å². The number of sulfonamides is 1. The Labute approximate surface area is 197 Å². The molecule has 0 unspecified atom stereocenters. The number of amides is 1. The number of hydrogen-bond acceptors (Lipinski definition) is 7. The minimum absolute atomic E-state index is 0.0317. The van der Waals surface area contributed by atoms with Crippen LogP contribution in [-0.2, 0) is 35.5 Å². The van der Waals surface area contributed by atoms with Gasteiger partial charge in [-0.25, -0.2) is 8.42 Å². The molecule has 1 aliphatic rings. The number of aryl methyl sites for hydroxylation is 2. The van der Waals surface area contributed by atoms with Crippen molar-refractivity contribution in [3.63, 3.8) is 0 Å². The molecule has 0 bridgehead atoms. The van der Waals surface area contributed by atoms with Crippen LogP contribution in [0.15, 0.2) is 52.0 Å². The van der Waals surface area contributed by atoms with E-state index in [9.17, 15) is 18.0 Å². The predicted octanol–water partition coefficient (Wildman–Crippen LogP) is 2.79. The second kappa shape index (κ2) is 9.96. The summed E-state index contributed by atoms with van der Waals surface area (Å²) in [6, 6.07) is 9.82. The van der Waals surface area contributed by atoms with Gasteiger partial charge in [-0.15, -0.1) is 0 Å². The average molecular weight is 487 g/mol. The second-order valence-corrected chi connectivity index (χ2v) is 10.0.